The maximum atomic E-state index is 5.98. The number of methoxy groups -OCH3 is 1. The zero-order chi connectivity index (χ0) is 14.0. The van der Waals surface area contributed by atoms with Crippen molar-refractivity contribution < 1.29 is 4.74 Å². The zero-order valence-electron chi connectivity index (χ0n) is 12.2. The van der Waals surface area contributed by atoms with Crippen molar-refractivity contribution in [2.24, 2.45) is 0 Å². The summed E-state index contributed by atoms with van der Waals surface area (Å²) in [6.45, 7) is 0. The van der Waals surface area contributed by atoms with E-state index < -0.39 is 0 Å². The number of ether oxygens (including phenoxy) is 1. The fourth-order valence-corrected chi connectivity index (χ4v) is 3.69. The smallest absolute Gasteiger partial charge is 0.0872 e. The highest BCUT2D eigenvalue weighted by Gasteiger charge is 2.42. The maximum Gasteiger partial charge on any atom is 0.0872 e. The summed E-state index contributed by atoms with van der Waals surface area (Å²) in [5, 5.41) is 5.96. The van der Waals surface area contributed by atoms with Gasteiger partial charge in [0, 0.05) is 24.9 Å². The molecule has 2 aromatic rings. The lowest BCUT2D eigenvalue weighted by Gasteiger charge is -2.37. The van der Waals surface area contributed by atoms with Gasteiger partial charge in [-0.05, 0) is 36.9 Å². The first-order valence-corrected chi connectivity index (χ1v) is 7.36. The second-order valence-corrected chi connectivity index (χ2v) is 5.64. The highest BCUT2D eigenvalue weighted by atomic mass is 16.5. The minimum atomic E-state index is -0.0771. The number of pyridine rings is 1. The first-order valence-electron chi connectivity index (χ1n) is 7.36. The molecule has 1 aliphatic carbocycles. The van der Waals surface area contributed by atoms with Crippen LogP contribution >= 0.6 is 0 Å². The molecule has 1 aliphatic rings. The van der Waals surface area contributed by atoms with Gasteiger partial charge in [-0.25, -0.2) is 0 Å². The third kappa shape index (κ3) is 2.11. The van der Waals surface area contributed by atoms with E-state index in [1.54, 1.807) is 0 Å². The molecule has 3 rings (SSSR count). The third-order valence-electron chi connectivity index (χ3n) is 4.70. The average molecular weight is 270 g/mol. The Kier molecular flexibility index (Phi) is 3.72. The first-order chi connectivity index (χ1) is 9.80. The van der Waals surface area contributed by atoms with E-state index >= 15 is 0 Å². The van der Waals surface area contributed by atoms with Crippen LogP contribution < -0.4 is 5.32 Å². The number of benzene rings is 1. The normalized spacial score (nSPS) is 19.3. The van der Waals surface area contributed by atoms with E-state index in [0.29, 0.717) is 0 Å². The van der Waals surface area contributed by atoms with Crippen molar-refractivity contribution in [2.75, 3.05) is 14.2 Å². The number of hydrogen-bond donors (Lipinski definition) is 1. The summed E-state index contributed by atoms with van der Waals surface area (Å²) < 4.78 is 5.98. The lowest BCUT2D eigenvalue weighted by molar-refractivity contribution is -0.0345. The third-order valence-corrected chi connectivity index (χ3v) is 4.70. The lowest BCUT2D eigenvalue weighted by Crippen LogP contribution is -2.42. The van der Waals surface area contributed by atoms with Crippen molar-refractivity contribution in [3.8, 4) is 0 Å². The summed E-state index contributed by atoms with van der Waals surface area (Å²) in [5.41, 5.74) is 1.24. The molecule has 3 heteroatoms. The predicted molar refractivity (Wildman–Crippen MR) is 81.8 cm³/mol. The minimum Gasteiger partial charge on any atom is -0.376 e. The van der Waals surface area contributed by atoms with Crippen LogP contribution in [0.2, 0.25) is 0 Å². The Balaban J connectivity index is 2.12. The molecule has 0 spiro atoms. The van der Waals surface area contributed by atoms with Gasteiger partial charge in [0.05, 0.1) is 11.6 Å². The van der Waals surface area contributed by atoms with Gasteiger partial charge in [0.25, 0.3) is 0 Å². The zero-order valence-corrected chi connectivity index (χ0v) is 12.2. The molecule has 1 aromatic carbocycles. The summed E-state index contributed by atoms with van der Waals surface area (Å²) >= 11 is 0. The van der Waals surface area contributed by atoms with Gasteiger partial charge in [-0.2, -0.15) is 0 Å². The number of likely N-dealkylation sites (N-methyl/N-ethyl adjacent to an activating group) is 1. The van der Waals surface area contributed by atoms with Crippen LogP contribution in [0.25, 0.3) is 10.8 Å². The van der Waals surface area contributed by atoms with Crippen molar-refractivity contribution in [3.05, 3.63) is 42.2 Å². The quantitative estimate of drug-likeness (QED) is 0.924. The van der Waals surface area contributed by atoms with Crippen molar-refractivity contribution in [3.63, 3.8) is 0 Å². The second-order valence-electron chi connectivity index (χ2n) is 5.64. The molecular formula is C17H22N2O. The number of aromatic nitrogens is 1. The predicted octanol–water partition coefficient (Wildman–Crippen LogP) is 3.45. The molecule has 0 saturated heterocycles. The topological polar surface area (TPSA) is 34.2 Å². The fraction of sp³-hybridized carbons (Fsp3) is 0.471. The van der Waals surface area contributed by atoms with Crippen LogP contribution in [0.15, 0.2) is 36.7 Å². The standard InChI is InChI=1S/C17H22N2O/c1-18-16(17(20-2)9-3-4-10-17)15-7-5-6-13-12-19-11-8-14(13)15/h5-8,11-12,16,18H,3-4,9-10H2,1-2H3. The van der Waals surface area contributed by atoms with Crippen molar-refractivity contribution in [1.82, 2.24) is 10.3 Å². The Morgan fingerprint density at radius 1 is 1.25 bits per heavy atom. The molecule has 1 atom stereocenters. The molecule has 0 aliphatic heterocycles. The molecule has 3 nitrogen and oxygen atoms in total. The van der Waals surface area contributed by atoms with Crippen LogP contribution in [0.5, 0.6) is 0 Å². The lowest BCUT2D eigenvalue weighted by atomic mass is 9.85. The number of nitrogens with zero attached hydrogens (tertiary/aromatic N) is 1. The molecule has 20 heavy (non-hydrogen) atoms. The van der Waals surface area contributed by atoms with Gasteiger partial charge in [0.15, 0.2) is 0 Å². The molecule has 0 bridgehead atoms. The van der Waals surface area contributed by atoms with Crippen LogP contribution in [0.1, 0.15) is 37.3 Å². The van der Waals surface area contributed by atoms with Gasteiger partial charge in [0.1, 0.15) is 0 Å². The van der Waals surface area contributed by atoms with Crippen LogP contribution in [0.3, 0.4) is 0 Å². The SMILES string of the molecule is CNC(c1cccc2cnccc12)C1(OC)CCCC1. The van der Waals surface area contributed by atoms with Crippen LogP contribution in [-0.4, -0.2) is 24.7 Å². The van der Waals surface area contributed by atoms with E-state index in [2.05, 4.69) is 34.6 Å². The molecule has 1 unspecified atom stereocenters. The highest BCUT2D eigenvalue weighted by molar-refractivity contribution is 5.85. The molecule has 0 amide bonds. The molecule has 1 N–H and O–H groups in total. The summed E-state index contributed by atoms with van der Waals surface area (Å²) in [5.74, 6) is 0. The summed E-state index contributed by atoms with van der Waals surface area (Å²) in [6, 6.07) is 8.77. The fourth-order valence-electron chi connectivity index (χ4n) is 3.69. The molecule has 1 aromatic heterocycles. The van der Waals surface area contributed by atoms with Crippen molar-refractivity contribution in [2.45, 2.75) is 37.3 Å². The molecule has 1 fully saturated rings. The number of nitrogens with one attached hydrogen (secondary N) is 1. The first kappa shape index (κ1) is 13.5. The van der Waals surface area contributed by atoms with Crippen LogP contribution in [-0.2, 0) is 4.74 Å². The van der Waals surface area contributed by atoms with Gasteiger partial charge >= 0.3 is 0 Å². The Hall–Kier alpha value is -1.45. The molecule has 106 valence electrons. The molecule has 0 radical (unpaired) electrons. The summed E-state index contributed by atoms with van der Waals surface area (Å²) in [7, 11) is 3.88. The van der Waals surface area contributed by atoms with Gasteiger partial charge in [-0.3, -0.25) is 4.98 Å². The Morgan fingerprint density at radius 2 is 2.05 bits per heavy atom. The number of hydrogen-bond acceptors (Lipinski definition) is 3. The minimum absolute atomic E-state index is 0.0771. The summed E-state index contributed by atoms with van der Waals surface area (Å²) in [4.78, 5) is 4.22. The molecule has 1 saturated carbocycles. The largest absolute Gasteiger partial charge is 0.376 e. The van der Waals surface area contributed by atoms with Crippen molar-refractivity contribution in [1.29, 1.82) is 0 Å². The Morgan fingerprint density at radius 3 is 2.75 bits per heavy atom. The summed E-state index contributed by atoms with van der Waals surface area (Å²) in [6.07, 6.45) is 8.54. The number of rotatable bonds is 4. The van der Waals surface area contributed by atoms with Gasteiger partial charge in [-0.1, -0.05) is 31.0 Å². The van der Waals surface area contributed by atoms with Crippen LogP contribution in [0.4, 0.5) is 0 Å². The second kappa shape index (κ2) is 5.51. The van der Waals surface area contributed by atoms with Gasteiger partial charge in [0.2, 0.25) is 0 Å². The highest BCUT2D eigenvalue weighted by Crippen LogP contribution is 2.43. The molecular weight excluding hydrogens is 248 g/mol. The van der Waals surface area contributed by atoms with Gasteiger partial charge in [-0.15, -0.1) is 0 Å². The average Bonchev–Trinajstić information content (AvgIpc) is 2.98. The van der Waals surface area contributed by atoms with E-state index in [-0.39, 0.29) is 11.6 Å². The van der Waals surface area contributed by atoms with Crippen LogP contribution in [0, 0.1) is 0 Å². The number of fused-ring (bicyclic) bond motifs is 1. The van der Waals surface area contributed by atoms with E-state index in [4.69, 9.17) is 4.74 Å². The van der Waals surface area contributed by atoms with E-state index in [9.17, 15) is 0 Å². The monoisotopic (exact) mass is 270 g/mol. The van der Waals surface area contributed by atoms with E-state index in [0.717, 1.165) is 12.8 Å². The van der Waals surface area contributed by atoms with Gasteiger partial charge < -0.3 is 10.1 Å². The Bertz CT molecular complexity index is 585. The van der Waals surface area contributed by atoms with E-state index in [1.165, 1.54) is 29.2 Å². The molecule has 1 heterocycles. The van der Waals surface area contributed by atoms with Crippen molar-refractivity contribution >= 4 is 10.8 Å². The maximum absolute atomic E-state index is 5.98. The Labute approximate surface area is 120 Å². The van der Waals surface area contributed by atoms with E-state index in [1.807, 2.05) is 26.6 Å².